The lowest BCUT2D eigenvalue weighted by Gasteiger charge is -2.06. The minimum atomic E-state index is -0.340. The summed E-state index contributed by atoms with van der Waals surface area (Å²) in [4.78, 5) is 15.1. The third-order valence-electron chi connectivity index (χ3n) is 3.25. The number of hydrogen-bond donors (Lipinski definition) is 2. The van der Waals surface area contributed by atoms with Gasteiger partial charge < -0.3 is 15.0 Å². The molecular weight excluding hydrogens is 283 g/mol. The minimum absolute atomic E-state index is 0.277. The fraction of sp³-hybridized carbons (Fsp3) is 0.118. The standard InChI is InChI=1S/C17H15FN2O2/c1-2-22-14-7-5-13(6-8-14)19-17(21)16-9-11-3-4-12(18)10-15(11)20-16/h3-10,20H,2H2,1H3,(H,19,21). The Hall–Kier alpha value is -2.82. The van der Waals surface area contributed by atoms with E-state index in [1.165, 1.54) is 12.1 Å². The fourth-order valence-electron chi connectivity index (χ4n) is 2.22. The Balaban J connectivity index is 1.77. The first-order valence-electron chi connectivity index (χ1n) is 6.98. The first-order valence-corrected chi connectivity index (χ1v) is 6.98. The molecule has 0 aliphatic heterocycles. The van der Waals surface area contributed by atoms with Crippen molar-refractivity contribution in [3.63, 3.8) is 0 Å². The highest BCUT2D eigenvalue weighted by atomic mass is 19.1. The van der Waals surface area contributed by atoms with Crippen LogP contribution in [0.4, 0.5) is 10.1 Å². The normalized spacial score (nSPS) is 10.6. The van der Waals surface area contributed by atoms with Crippen LogP contribution in [0.2, 0.25) is 0 Å². The Morgan fingerprint density at radius 2 is 1.95 bits per heavy atom. The van der Waals surface area contributed by atoms with E-state index in [1.807, 2.05) is 6.92 Å². The summed E-state index contributed by atoms with van der Waals surface area (Å²) in [7, 11) is 0. The summed E-state index contributed by atoms with van der Waals surface area (Å²) < 4.78 is 18.5. The molecule has 2 N–H and O–H groups in total. The molecule has 4 nitrogen and oxygen atoms in total. The average Bonchev–Trinajstić information content (AvgIpc) is 2.92. The number of hydrogen-bond acceptors (Lipinski definition) is 2. The maximum absolute atomic E-state index is 13.2. The number of rotatable bonds is 4. The molecule has 1 amide bonds. The summed E-state index contributed by atoms with van der Waals surface area (Å²) in [5, 5.41) is 3.57. The molecule has 0 bridgehead atoms. The Labute approximate surface area is 126 Å². The van der Waals surface area contributed by atoms with Crippen LogP contribution in [-0.2, 0) is 0 Å². The topological polar surface area (TPSA) is 54.1 Å². The molecule has 1 heterocycles. The SMILES string of the molecule is CCOc1ccc(NC(=O)c2cc3ccc(F)cc3[nH]2)cc1. The molecular formula is C17H15FN2O2. The highest BCUT2D eigenvalue weighted by Gasteiger charge is 2.10. The van der Waals surface area contributed by atoms with Gasteiger partial charge in [-0.05, 0) is 55.5 Å². The number of nitrogens with one attached hydrogen (secondary N) is 2. The van der Waals surface area contributed by atoms with Crippen molar-refractivity contribution in [1.29, 1.82) is 0 Å². The van der Waals surface area contributed by atoms with Crippen LogP contribution in [-0.4, -0.2) is 17.5 Å². The maximum Gasteiger partial charge on any atom is 0.272 e. The largest absolute Gasteiger partial charge is 0.494 e. The molecule has 3 aromatic rings. The Morgan fingerprint density at radius 1 is 1.18 bits per heavy atom. The summed E-state index contributed by atoms with van der Waals surface area (Å²) >= 11 is 0. The quantitative estimate of drug-likeness (QED) is 0.766. The molecule has 0 fully saturated rings. The second-order valence-corrected chi connectivity index (χ2v) is 4.83. The van der Waals surface area contributed by atoms with Crippen LogP contribution in [0, 0.1) is 5.82 Å². The second kappa shape index (κ2) is 5.89. The number of benzene rings is 2. The summed E-state index contributed by atoms with van der Waals surface area (Å²) in [6.45, 7) is 2.51. The monoisotopic (exact) mass is 298 g/mol. The van der Waals surface area contributed by atoms with E-state index in [0.717, 1.165) is 11.1 Å². The lowest BCUT2D eigenvalue weighted by Crippen LogP contribution is -2.12. The number of H-pyrrole nitrogens is 1. The van der Waals surface area contributed by atoms with Gasteiger partial charge in [0.15, 0.2) is 0 Å². The summed E-state index contributed by atoms with van der Waals surface area (Å²) in [6, 6.07) is 13.2. The molecule has 3 rings (SSSR count). The lowest BCUT2D eigenvalue weighted by molar-refractivity contribution is 0.102. The van der Waals surface area contributed by atoms with E-state index in [9.17, 15) is 9.18 Å². The molecule has 0 aliphatic carbocycles. The molecule has 5 heteroatoms. The van der Waals surface area contributed by atoms with Crippen molar-refractivity contribution >= 4 is 22.5 Å². The number of fused-ring (bicyclic) bond motifs is 1. The number of halogens is 1. The van der Waals surface area contributed by atoms with Crippen LogP contribution in [0.15, 0.2) is 48.5 Å². The van der Waals surface area contributed by atoms with Crippen LogP contribution >= 0.6 is 0 Å². The van der Waals surface area contributed by atoms with Gasteiger partial charge in [0, 0.05) is 16.6 Å². The first-order chi connectivity index (χ1) is 10.7. The molecule has 2 aromatic carbocycles. The van der Waals surface area contributed by atoms with Crippen LogP contribution < -0.4 is 10.1 Å². The number of aromatic amines is 1. The summed E-state index contributed by atoms with van der Waals surface area (Å²) in [6.07, 6.45) is 0. The Bertz CT molecular complexity index is 809. The zero-order valence-corrected chi connectivity index (χ0v) is 12.0. The summed E-state index contributed by atoms with van der Waals surface area (Å²) in [5.74, 6) is 0.134. The van der Waals surface area contributed by atoms with E-state index in [2.05, 4.69) is 10.3 Å². The number of aromatic nitrogens is 1. The molecule has 0 unspecified atom stereocenters. The van der Waals surface area contributed by atoms with E-state index >= 15 is 0 Å². The molecule has 1 aromatic heterocycles. The predicted molar refractivity (Wildman–Crippen MR) is 83.8 cm³/mol. The molecule has 0 aliphatic rings. The predicted octanol–water partition coefficient (Wildman–Crippen LogP) is 3.96. The lowest BCUT2D eigenvalue weighted by atomic mass is 10.2. The number of anilines is 1. The van der Waals surface area contributed by atoms with E-state index in [-0.39, 0.29) is 11.7 Å². The van der Waals surface area contributed by atoms with Gasteiger partial charge in [0.25, 0.3) is 5.91 Å². The Kier molecular flexibility index (Phi) is 3.78. The average molecular weight is 298 g/mol. The molecule has 0 atom stereocenters. The van der Waals surface area contributed by atoms with Gasteiger partial charge >= 0.3 is 0 Å². The molecule has 0 saturated heterocycles. The number of carbonyl (C=O) groups is 1. The highest BCUT2D eigenvalue weighted by molar-refractivity contribution is 6.05. The van der Waals surface area contributed by atoms with Crippen LogP contribution in [0.5, 0.6) is 5.75 Å². The van der Waals surface area contributed by atoms with Crippen LogP contribution in [0.1, 0.15) is 17.4 Å². The van der Waals surface area contributed by atoms with Crippen molar-refractivity contribution in [3.05, 3.63) is 60.0 Å². The third-order valence-corrected chi connectivity index (χ3v) is 3.25. The maximum atomic E-state index is 13.2. The molecule has 112 valence electrons. The van der Waals surface area contributed by atoms with Crippen LogP contribution in [0.3, 0.4) is 0 Å². The van der Waals surface area contributed by atoms with Crippen molar-refractivity contribution in [2.75, 3.05) is 11.9 Å². The van der Waals surface area contributed by atoms with Crippen molar-refractivity contribution in [3.8, 4) is 5.75 Å². The van der Waals surface area contributed by atoms with Gasteiger partial charge in [-0.3, -0.25) is 4.79 Å². The minimum Gasteiger partial charge on any atom is -0.494 e. The molecule has 0 saturated carbocycles. The molecule has 0 spiro atoms. The van der Waals surface area contributed by atoms with E-state index in [1.54, 1.807) is 36.4 Å². The van der Waals surface area contributed by atoms with Crippen molar-refractivity contribution in [2.45, 2.75) is 6.92 Å². The molecule has 0 radical (unpaired) electrons. The van der Waals surface area contributed by atoms with E-state index in [0.29, 0.717) is 23.5 Å². The van der Waals surface area contributed by atoms with Gasteiger partial charge in [-0.15, -0.1) is 0 Å². The first kappa shape index (κ1) is 14.1. The van der Waals surface area contributed by atoms with Gasteiger partial charge in [-0.1, -0.05) is 0 Å². The fourth-order valence-corrected chi connectivity index (χ4v) is 2.22. The third kappa shape index (κ3) is 2.93. The second-order valence-electron chi connectivity index (χ2n) is 4.83. The highest BCUT2D eigenvalue weighted by Crippen LogP contribution is 2.19. The van der Waals surface area contributed by atoms with Crippen LogP contribution in [0.25, 0.3) is 10.9 Å². The smallest absolute Gasteiger partial charge is 0.272 e. The number of amides is 1. The number of ether oxygens (including phenoxy) is 1. The zero-order chi connectivity index (χ0) is 15.5. The molecule has 22 heavy (non-hydrogen) atoms. The van der Waals surface area contributed by atoms with Gasteiger partial charge in [0.05, 0.1) is 6.61 Å². The summed E-state index contributed by atoms with van der Waals surface area (Å²) in [5.41, 5.74) is 1.64. The van der Waals surface area contributed by atoms with Crippen molar-refractivity contribution in [1.82, 2.24) is 4.98 Å². The van der Waals surface area contributed by atoms with Crippen molar-refractivity contribution in [2.24, 2.45) is 0 Å². The van der Waals surface area contributed by atoms with E-state index < -0.39 is 0 Å². The Morgan fingerprint density at radius 3 is 2.68 bits per heavy atom. The van der Waals surface area contributed by atoms with E-state index in [4.69, 9.17) is 4.74 Å². The van der Waals surface area contributed by atoms with Gasteiger partial charge in [-0.25, -0.2) is 4.39 Å². The van der Waals surface area contributed by atoms with Gasteiger partial charge in [0.1, 0.15) is 17.3 Å². The van der Waals surface area contributed by atoms with Gasteiger partial charge in [-0.2, -0.15) is 0 Å². The number of carbonyl (C=O) groups excluding carboxylic acids is 1. The van der Waals surface area contributed by atoms with Gasteiger partial charge in [0.2, 0.25) is 0 Å². The van der Waals surface area contributed by atoms with Crippen molar-refractivity contribution < 1.29 is 13.9 Å². The zero-order valence-electron chi connectivity index (χ0n) is 12.0.